The molecule has 90 valence electrons. The molecule has 0 saturated heterocycles. The molecule has 0 bridgehead atoms. The Bertz CT molecular complexity index is 445. The van der Waals surface area contributed by atoms with Gasteiger partial charge >= 0.3 is 5.69 Å². The van der Waals surface area contributed by atoms with Crippen molar-refractivity contribution in [3.8, 4) is 0 Å². The molecular weight excluding hydrogens is 212 g/mol. The van der Waals surface area contributed by atoms with E-state index >= 15 is 0 Å². The Morgan fingerprint density at radius 2 is 2.00 bits per heavy atom. The van der Waals surface area contributed by atoms with Crippen LogP contribution in [0.3, 0.4) is 0 Å². The smallest absolute Gasteiger partial charge is 0.328 e. The highest BCUT2D eigenvalue weighted by molar-refractivity contribution is 5.03. The van der Waals surface area contributed by atoms with Crippen molar-refractivity contribution in [2.45, 2.75) is 26.2 Å². The second-order valence-electron chi connectivity index (χ2n) is 3.32. The molecule has 16 heavy (non-hydrogen) atoms. The van der Waals surface area contributed by atoms with Gasteiger partial charge in [-0.15, -0.1) is 0 Å². The van der Waals surface area contributed by atoms with Gasteiger partial charge in [-0.3, -0.25) is 14.3 Å². The molecule has 1 heterocycles. The molecule has 1 rings (SSSR count). The Labute approximate surface area is 92.8 Å². The fourth-order valence-electron chi connectivity index (χ4n) is 1.35. The highest BCUT2D eigenvalue weighted by atomic mass is 16.7. The summed E-state index contributed by atoms with van der Waals surface area (Å²) in [5.74, 6) is 0. The van der Waals surface area contributed by atoms with Crippen molar-refractivity contribution in [2.75, 3.05) is 14.2 Å². The predicted octanol–water partition coefficient (Wildman–Crippen LogP) is -0.282. The molecule has 0 aromatic carbocycles. The van der Waals surface area contributed by atoms with Gasteiger partial charge in [0.2, 0.25) is 0 Å². The second kappa shape index (κ2) is 5.62. The first-order valence-electron chi connectivity index (χ1n) is 5.00. The summed E-state index contributed by atoms with van der Waals surface area (Å²) in [7, 11) is 2.98. The number of aromatic amines is 1. The van der Waals surface area contributed by atoms with Crippen LogP contribution in [-0.2, 0) is 22.4 Å². The van der Waals surface area contributed by atoms with Crippen molar-refractivity contribution in [2.24, 2.45) is 0 Å². The van der Waals surface area contributed by atoms with Crippen molar-refractivity contribution in [3.63, 3.8) is 0 Å². The van der Waals surface area contributed by atoms with Gasteiger partial charge < -0.3 is 9.47 Å². The van der Waals surface area contributed by atoms with Crippen LogP contribution in [0.1, 0.15) is 12.5 Å². The number of aryl methyl sites for hydroxylation is 1. The van der Waals surface area contributed by atoms with Crippen LogP contribution < -0.4 is 11.2 Å². The summed E-state index contributed by atoms with van der Waals surface area (Å²) in [4.78, 5) is 25.0. The first kappa shape index (κ1) is 12.7. The van der Waals surface area contributed by atoms with Gasteiger partial charge in [0.25, 0.3) is 5.56 Å². The number of H-pyrrole nitrogens is 1. The summed E-state index contributed by atoms with van der Waals surface area (Å²) < 4.78 is 11.3. The molecule has 0 aliphatic heterocycles. The largest absolute Gasteiger partial charge is 0.354 e. The maximum absolute atomic E-state index is 11.5. The maximum atomic E-state index is 11.5. The fourth-order valence-corrected chi connectivity index (χ4v) is 1.35. The Balaban J connectivity index is 3.04. The molecule has 1 N–H and O–H groups in total. The van der Waals surface area contributed by atoms with E-state index in [-0.39, 0.29) is 12.1 Å². The van der Waals surface area contributed by atoms with E-state index in [4.69, 9.17) is 9.47 Å². The van der Waals surface area contributed by atoms with Gasteiger partial charge in [0, 0.05) is 26.0 Å². The highest BCUT2D eigenvalue weighted by Crippen LogP contribution is 1.96. The lowest BCUT2D eigenvalue weighted by atomic mass is 10.3. The Morgan fingerprint density at radius 3 is 2.50 bits per heavy atom. The second-order valence-corrected chi connectivity index (χ2v) is 3.32. The zero-order valence-electron chi connectivity index (χ0n) is 9.65. The number of aromatic nitrogens is 2. The van der Waals surface area contributed by atoms with E-state index in [0.29, 0.717) is 12.0 Å². The number of ether oxygens (including phenoxy) is 2. The summed E-state index contributed by atoms with van der Waals surface area (Å²) in [5.41, 5.74) is -0.234. The van der Waals surface area contributed by atoms with Gasteiger partial charge in [0.15, 0.2) is 6.29 Å². The van der Waals surface area contributed by atoms with Crippen molar-refractivity contribution < 1.29 is 9.47 Å². The first-order chi connectivity index (χ1) is 7.62. The molecule has 6 nitrogen and oxygen atoms in total. The number of nitrogens with one attached hydrogen (secondary N) is 1. The number of hydrogen-bond donors (Lipinski definition) is 1. The van der Waals surface area contributed by atoms with Crippen LogP contribution in [0.2, 0.25) is 0 Å². The average Bonchev–Trinajstić information content (AvgIpc) is 2.28. The molecule has 1 aromatic heterocycles. The minimum atomic E-state index is -0.506. The zero-order chi connectivity index (χ0) is 12.1. The van der Waals surface area contributed by atoms with Crippen LogP contribution in [0.25, 0.3) is 0 Å². The van der Waals surface area contributed by atoms with Crippen molar-refractivity contribution in [3.05, 3.63) is 32.6 Å². The summed E-state index contributed by atoms with van der Waals surface area (Å²) >= 11 is 0. The molecule has 0 radical (unpaired) electrons. The molecule has 0 fully saturated rings. The third kappa shape index (κ3) is 2.80. The van der Waals surface area contributed by atoms with Gasteiger partial charge in [0.05, 0.1) is 6.54 Å². The Hall–Kier alpha value is -1.40. The molecule has 0 spiro atoms. The minimum absolute atomic E-state index is 0.246. The van der Waals surface area contributed by atoms with E-state index in [0.717, 1.165) is 0 Å². The third-order valence-electron chi connectivity index (χ3n) is 2.34. The van der Waals surface area contributed by atoms with Gasteiger partial charge in [-0.1, -0.05) is 6.92 Å². The van der Waals surface area contributed by atoms with E-state index in [1.54, 1.807) is 0 Å². The van der Waals surface area contributed by atoms with E-state index < -0.39 is 12.0 Å². The van der Waals surface area contributed by atoms with Gasteiger partial charge in [-0.25, -0.2) is 4.79 Å². The van der Waals surface area contributed by atoms with Crippen LogP contribution >= 0.6 is 0 Å². The average molecular weight is 228 g/mol. The number of methoxy groups -OCH3 is 2. The topological polar surface area (TPSA) is 73.3 Å². The number of nitrogens with zero attached hydrogens (tertiary/aromatic N) is 1. The highest BCUT2D eigenvalue weighted by Gasteiger charge is 2.09. The summed E-state index contributed by atoms with van der Waals surface area (Å²) in [6.45, 7) is 2.10. The molecule has 0 saturated carbocycles. The molecule has 1 aromatic rings. The standard InChI is InChI=1S/C10H16N2O4/c1-4-7-5-12(6-8(15-2)16-3)10(14)11-9(7)13/h5,8H,4,6H2,1-3H3,(H,11,13,14). The molecule has 0 aliphatic carbocycles. The molecule has 0 aliphatic rings. The minimum Gasteiger partial charge on any atom is -0.354 e. The van der Waals surface area contributed by atoms with E-state index in [1.165, 1.54) is 25.0 Å². The predicted molar refractivity (Wildman–Crippen MR) is 58.5 cm³/mol. The van der Waals surface area contributed by atoms with Crippen LogP contribution in [0.15, 0.2) is 15.8 Å². The van der Waals surface area contributed by atoms with Crippen molar-refractivity contribution in [1.82, 2.24) is 9.55 Å². The molecule has 0 unspecified atom stereocenters. The normalized spacial score (nSPS) is 11.0. The van der Waals surface area contributed by atoms with E-state index in [1.807, 2.05) is 6.92 Å². The fraction of sp³-hybridized carbons (Fsp3) is 0.600. The molecule has 0 atom stereocenters. The number of hydrogen-bond acceptors (Lipinski definition) is 4. The van der Waals surface area contributed by atoms with Crippen LogP contribution in [0, 0.1) is 0 Å². The summed E-state index contributed by atoms with van der Waals surface area (Å²) in [6.07, 6.45) is 1.60. The quantitative estimate of drug-likeness (QED) is 0.703. The lowest BCUT2D eigenvalue weighted by Crippen LogP contribution is -2.35. The Morgan fingerprint density at radius 1 is 1.38 bits per heavy atom. The van der Waals surface area contributed by atoms with Crippen LogP contribution in [0.5, 0.6) is 0 Å². The molecule has 0 amide bonds. The third-order valence-corrected chi connectivity index (χ3v) is 2.34. The lowest BCUT2D eigenvalue weighted by Gasteiger charge is -2.14. The van der Waals surface area contributed by atoms with Crippen molar-refractivity contribution in [1.29, 1.82) is 0 Å². The number of rotatable bonds is 5. The van der Waals surface area contributed by atoms with Gasteiger partial charge in [0.1, 0.15) is 0 Å². The van der Waals surface area contributed by atoms with Crippen molar-refractivity contribution >= 4 is 0 Å². The molecule has 6 heteroatoms. The zero-order valence-corrected chi connectivity index (χ0v) is 9.65. The van der Waals surface area contributed by atoms with Gasteiger partial charge in [-0.05, 0) is 6.42 Å². The first-order valence-corrected chi connectivity index (χ1v) is 5.00. The van der Waals surface area contributed by atoms with E-state index in [9.17, 15) is 9.59 Å². The molecular formula is C10H16N2O4. The van der Waals surface area contributed by atoms with Crippen LogP contribution in [0.4, 0.5) is 0 Å². The maximum Gasteiger partial charge on any atom is 0.328 e. The lowest BCUT2D eigenvalue weighted by molar-refractivity contribution is -0.111. The van der Waals surface area contributed by atoms with Crippen LogP contribution in [-0.4, -0.2) is 30.1 Å². The summed E-state index contributed by atoms with van der Waals surface area (Å²) in [5, 5.41) is 0. The SMILES string of the molecule is CCc1cn(CC(OC)OC)c(=O)[nH]c1=O. The summed E-state index contributed by atoms with van der Waals surface area (Å²) in [6, 6.07) is 0. The van der Waals surface area contributed by atoms with E-state index in [2.05, 4.69) is 4.98 Å². The Kier molecular flexibility index (Phi) is 4.45. The monoisotopic (exact) mass is 228 g/mol. The van der Waals surface area contributed by atoms with Gasteiger partial charge in [-0.2, -0.15) is 0 Å².